The molecule has 0 saturated heterocycles. The highest BCUT2D eigenvalue weighted by Gasteiger charge is 2.31. The zero-order chi connectivity index (χ0) is 41.4. The monoisotopic (exact) mass is 738 g/mol. The maximum atomic E-state index is 2.46. The van der Waals surface area contributed by atoms with Crippen LogP contribution >= 0.6 is 0 Å². The molecule has 5 rings (SSSR count). The van der Waals surface area contributed by atoms with Gasteiger partial charge in [0.2, 0.25) is 0 Å². The zero-order valence-corrected chi connectivity index (χ0v) is 38.4. The van der Waals surface area contributed by atoms with Crippen LogP contribution in [0.1, 0.15) is 169 Å². The van der Waals surface area contributed by atoms with Gasteiger partial charge in [-0.05, 0) is 95.6 Å². The van der Waals surface area contributed by atoms with Gasteiger partial charge in [0.1, 0.15) is 23.8 Å². The molecule has 0 aliphatic heterocycles. The van der Waals surface area contributed by atoms with Crippen molar-refractivity contribution >= 4 is 0 Å². The summed E-state index contributed by atoms with van der Waals surface area (Å²) in [6.45, 7) is 46.6. The summed E-state index contributed by atoms with van der Waals surface area (Å²) < 4.78 is 4.89. The lowest BCUT2D eigenvalue weighted by molar-refractivity contribution is -0.600. The highest BCUT2D eigenvalue weighted by molar-refractivity contribution is 5.84. The minimum absolute atomic E-state index is 0.00316. The fraction of sp³-hybridized carbons (Fsp3) is 0.491. The lowest BCUT2D eigenvalue weighted by Crippen LogP contribution is -2.34. The topological polar surface area (TPSA) is 8.81 Å². The SMILES string of the molecule is Cc1c(-n2cc[n+](-c3c(-c4cc(C(C)(C)C)cc(C(C)(C)C)c4)cccc3-c3cc(C(C)(C)C)cc(C(C)(C)C)c3)c2C)cc(C(C)(C)C)cc1C(C)(C)C. The molecule has 294 valence electrons. The predicted octanol–water partition coefficient (Wildman–Crippen LogP) is 14.5. The molecule has 0 spiro atoms. The quantitative estimate of drug-likeness (QED) is 0.162. The standard InChI is InChI=1S/C53H73N2/c1-34-45(53(18,19)20)32-42(52(15,16)17)33-46(34)54-24-25-55(35(54)2)47-43(36-26-38(48(3,4)5)30-39(27-36)49(6,7)8)22-21-23-44(47)37-28-40(50(9,10)11)31-41(29-37)51(12,13)14/h21-33H,1-20H3/q+1. The van der Waals surface area contributed by atoms with E-state index >= 15 is 0 Å². The summed E-state index contributed by atoms with van der Waals surface area (Å²) in [5.74, 6) is 1.17. The summed E-state index contributed by atoms with van der Waals surface area (Å²) in [5.41, 5.74) is 17.1. The second kappa shape index (κ2) is 13.9. The Hall–Kier alpha value is -3.91. The van der Waals surface area contributed by atoms with E-state index in [2.05, 4.69) is 227 Å². The lowest BCUT2D eigenvalue weighted by Gasteiger charge is -2.28. The molecule has 1 aromatic heterocycles. The van der Waals surface area contributed by atoms with Crippen molar-refractivity contribution in [3.05, 3.63) is 124 Å². The fourth-order valence-corrected chi connectivity index (χ4v) is 7.68. The van der Waals surface area contributed by atoms with Crippen molar-refractivity contribution in [2.45, 2.75) is 171 Å². The molecule has 1 heterocycles. The Morgan fingerprint density at radius 2 is 0.800 bits per heavy atom. The van der Waals surface area contributed by atoms with Crippen LogP contribution in [0.2, 0.25) is 0 Å². The summed E-state index contributed by atoms with van der Waals surface area (Å²) in [7, 11) is 0. The van der Waals surface area contributed by atoms with E-state index in [-0.39, 0.29) is 32.5 Å². The molecule has 5 aromatic rings. The van der Waals surface area contributed by atoms with Gasteiger partial charge in [-0.15, -0.1) is 0 Å². The molecule has 2 heteroatoms. The van der Waals surface area contributed by atoms with E-state index in [0.717, 1.165) is 0 Å². The predicted molar refractivity (Wildman–Crippen MR) is 240 cm³/mol. The highest BCUT2D eigenvalue weighted by Crippen LogP contribution is 2.41. The zero-order valence-electron chi connectivity index (χ0n) is 38.4. The molecule has 55 heavy (non-hydrogen) atoms. The maximum Gasteiger partial charge on any atom is 0.263 e. The molecule has 2 nitrogen and oxygen atoms in total. The Bertz CT molecular complexity index is 2050. The van der Waals surface area contributed by atoms with Gasteiger partial charge in [0.05, 0.1) is 0 Å². The number of imidazole rings is 1. The van der Waals surface area contributed by atoms with Crippen molar-refractivity contribution in [1.82, 2.24) is 4.57 Å². The van der Waals surface area contributed by atoms with Crippen LogP contribution in [0.3, 0.4) is 0 Å². The molecular formula is C53H73N2+. The van der Waals surface area contributed by atoms with Gasteiger partial charge in [0, 0.05) is 18.1 Å². The number of aromatic nitrogens is 2. The third-order valence-electron chi connectivity index (χ3n) is 11.6. The Morgan fingerprint density at radius 3 is 1.15 bits per heavy atom. The first-order valence-electron chi connectivity index (χ1n) is 20.6. The molecule has 0 unspecified atom stereocenters. The first-order chi connectivity index (χ1) is 24.9. The van der Waals surface area contributed by atoms with Crippen LogP contribution in [-0.2, 0) is 32.5 Å². The van der Waals surface area contributed by atoms with Crippen molar-refractivity contribution in [2.75, 3.05) is 0 Å². The molecule has 0 bridgehead atoms. The van der Waals surface area contributed by atoms with Gasteiger partial charge in [-0.2, -0.15) is 9.13 Å². The van der Waals surface area contributed by atoms with Gasteiger partial charge in [-0.1, -0.05) is 185 Å². The van der Waals surface area contributed by atoms with Crippen LogP contribution in [0.5, 0.6) is 0 Å². The molecule has 0 aliphatic rings. The van der Waals surface area contributed by atoms with Gasteiger partial charge in [-0.25, -0.2) is 0 Å². The first-order valence-corrected chi connectivity index (χ1v) is 20.6. The molecule has 4 aromatic carbocycles. The van der Waals surface area contributed by atoms with E-state index in [4.69, 9.17) is 0 Å². The highest BCUT2D eigenvalue weighted by atomic mass is 15.2. The van der Waals surface area contributed by atoms with Crippen molar-refractivity contribution < 1.29 is 4.57 Å². The maximum absolute atomic E-state index is 2.46. The molecule has 0 N–H and O–H groups in total. The first kappa shape index (κ1) is 42.2. The number of hydrogen-bond donors (Lipinski definition) is 0. The van der Waals surface area contributed by atoms with Gasteiger partial charge in [0.25, 0.3) is 5.82 Å². The molecule has 0 radical (unpaired) electrons. The molecule has 0 amide bonds. The van der Waals surface area contributed by atoms with E-state index in [1.807, 2.05) is 0 Å². The number of rotatable bonds is 4. The second-order valence-corrected chi connectivity index (χ2v) is 22.6. The molecule has 0 atom stereocenters. The van der Waals surface area contributed by atoms with Crippen LogP contribution in [0.4, 0.5) is 0 Å². The van der Waals surface area contributed by atoms with Crippen LogP contribution in [-0.4, -0.2) is 4.57 Å². The van der Waals surface area contributed by atoms with Crippen LogP contribution in [0.25, 0.3) is 33.6 Å². The van der Waals surface area contributed by atoms with E-state index in [1.54, 1.807) is 0 Å². The van der Waals surface area contributed by atoms with E-state index < -0.39 is 0 Å². The molecule has 0 aliphatic carbocycles. The normalized spacial score (nSPS) is 13.5. The Kier molecular flexibility index (Phi) is 10.7. The summed E-state index contributed by atoms with van der Waals surface area (Å²) in [6.07, 6.45) is 4.59. The van der Waals surface area contributed by atoms with Gasteiger partial charge < -0.3 is 0 Å². The smallest absolute Gasteiger partial charge is 0.199 e. The van der Waals surface area contributed by atoms with Crippen LogP contribution in [0.15, 0.2) is 79.1 Å². The molecular weight excluding hydrogens is 665 g/mol. The van der Waals surface area contributed by atoms with Gasteiger partial charge in [-0.3, -0.25) is 0 Å². The molecule has 0 saturated carbocycles. The van der Waals surface area contributed by atoms with E-state index in [1.165, 1.54) is 78.4 Å². The van der Waals surface area contributed by atoms with Crippen LogP contribution < -0.4 is 4.57 Å². The average Bonchev–Trinajstić information content (AvgIpc) is 3.41. The van der Waals surface area contributed by atoms with Gasteiger partial charge in [0.15, 0.2) is 0 Å². The fourth-order valence-electron chi connectivity index (χ4n) is 7.68. The molecule has 0 fully saturated rings. The number of nitrogens with zero attached hydrogens (tertiary/aromatic N) is 2. The largest absolute Gasteiger partial charge is 0.263 e. The Morgan fingerprint density at radius 1 is 0.436 bits per heavy atom. The third kappa shape index (κ3) is 8.75. The van der Waals surface area contributed by atoms with Crippen molar-refractivity contribution in [2.24, 2.45) is 0 Å². The van der Waals surface area contributed by atoms with E-state index in [9.17, 15) is 0 Å². The third-order valence-corrected chi connectivity index (χ3v) is 11.6. The summed E-state index contributed by atoms with van der Waals surface area (Å²) in [6, 6.07) is 26.5. The van der Waals surface area contributed by atoms with Gasteiger partial charge >= 0.3 is 0 Å². The van der Waals surface area contributed by atoms with Crippen molar-refractivity contribution in [3.8, 4) is 33.6 Å². The second-order valence-electron chi connectivity index (χ2n) is 22.6. The van der Waals surface area contributed by atoms with Crippen LogP contribution in [0, 0.1) is 13.8 Å². The summed E-state index contributed by atoms with van der Waals surface area (Å²) in [5, 5.41) is 0. The summed E-state index contributed by atoms with van der Waals surface area (Å²) >= 11 is 0. The minimum atomic E-state index is 0.00316. The van der Waals surface area contributed by atoms with E-state index in [0.29, 0.717) is 0 Å². The summed E-state index contributed by atoms with van der Waals surface area (Å²) in [4.78, 5) is 0. The minimum Gasteiger partial charge on any atom is -0.199 e. The lowest BCUT2D eigenvalue weighted by atomic mass is 9.77. The number of benzene rings is 4. The Labute approximate surface area is 336 Å². The number of hydrogen-bond acceptors (Lipinski definition) is 0. The van der Waals surface area contributed by atoms with Crippen molar-refractivity contribution in [3.63, 3.8) is 0 Å². The number of para-hydroxylation sites is 1. The Balaban J connectivity index is 1.94. The average molecular weight is 738 g/mol. The van der Waals surface area contributed by atoms with Crippen molar-refractivity contribution in [1.29, 1.82) is 0 Å².